The molecular formula is C14H24N2O3S. The van der Waals surface area contributed by atoms with E-state index in [1.807, 2.05) is 13.8 Å². The molecule has 5 nitrogen and oxygen atoms in total. The van der Waals surface area contributed by atoms with E-state index in [9.17, 15) is 8.42 Å². The minimum atomic E-state index is -3.47. The average molecular weight is 300 g/mol. The van der Waals surface area contributed by atoms with Crippen LogP contribution in [0.1, 0.15) is 45.1 Å². The molecule has 0 aromatic carbocycles. The van der Waals surface area contributed by atoms with Gasteiger partial charge in [-0.1, -0.05) is 20.8 Å². The van der Waals surface area contributed by atoms with Gasteiger partial charge in [-0.25, -0.2) is 13.1 Å². The van der Waals surface area contributed by atoms with Gasteiger partial charge in [0.05, 0.1) is 6.54 Å². The van der Waals surface area contributed by atoms with E-state index in [-0.39, 0.29) is 10.3 Å². The second-order valence-corrected chi connectivity index (χ2v) is 8.04. The van der Waals surface area contributed by atoms with Crippen molar-refractivity contribution in [3.05, 3.63) is 17.6 Å². The molecule has 1 heterocycles. The quantitative estimate of drug-likeness (QED) is 0.809. The summed E-state index contributed by atoms with van der Waals surface area (Å²) in [7, 11) is -3.47. The van der Waals surface area contributed by atoms with Crippen LogP contribution >= 0.6 is 0 Å². The molecular weight excluding hydrogens is 276 g/mol. The summed E-state index contributed by atoms with van der Waals surface area (Å²) in [5.74, 6) is 1.09. The van der Waals surface area contributed by atoms with E-state index in [1.54, 1.807) is 13.0 Å². The third-order valence-corrected chi connectivity index (χ3v) is 5.20. The first kappa shape index (κ1) is 15.5. The maximum absolute atomic E-state index is 12.3. The van der Waals surface area contributed by atoms with Gasteiger partial charge in [0.1, 0.15) is 16.4 Å². The minimum Gasteiger partial charge on any atom is -0.464 e. The number of sulfonamides is 1. The molecule has 1 aromatic rings. The van der Waals surface area contributed by atoms with Crippen molar-refractivity contribution in [2.75, 3.05) is 6.54 Å². The fourth-order valence-electron chi connectivity index (χ4n) is 1.92. The van der Waals surface area contributed by atoms with Gasteiger partial charge in [0, 0.05) is 18.7 Å². The molecule has 1 aliphatic rings. The number of aryl methyl sites for hydroxylation is 1. The van der Waals surface area contributed by atoms with Gasteiger partial charge in [-0.2, -0.15) is 0 Å². The number of rotatable bonds is 7. The normalized spacial score (nSPS) is 17.6. The van der Waals surface area contributed by atoms with E-state index in [0.29, 0.717) is 30.7 Å². The van der Waals surface area contributed by atoms with Crippen LogP contribution in [0.2, 0.25) is 0 Å². The molecule has 0 aliphatic heterocycles. The highest BCUT2D eigenvalue weighted by atomic mass is 32.2. The van der Waals surface area contributed by atoms with Crippen molar-refractivity contribution in [3.63, 3.8) is 0 Å². The molecule has 2 N–H and O–H groups in total. The summed E-state index contributed by atoms with van der Waals surface area (Å²) in [6.45, 7) is 8.88. The van der Waals surface area contributed by atoms with Crippen LogP contribution in [0.5, 0.6) is 0 Å². The molecule has 2 rings (SSSR count). The first-order valence-corrected chi connectivity index (χ1v) is 8.53. The Kier molecular flexibility index (Phi) is 4.27. The van der Waals surface area contributed by atoms with Crippen LogP contribution < -0.4 is 10.0 Å². The fraction of sp³-hybridized carbons (Fsp3) is 0.714. The topological polar surface area (TPSA) is 71.3 Å². The van der Waals surface area contributed by atoms with Gasteiger partial charge in [0.15, 0.2) is 0 Å². The Balaban J connectivity index is 2.06. The van der Waals surface area contributed by atoms with E-state index in [2.05, 4.69) is 17.0 Å². The van der Waals surface area contributed by atoms with Crippen LogP contribution in [0.3, 0.4) is 0 Å². The van der Waals surface area contributed by atoms with Gasteiger partial charge in [-0.3, -0.25) is 0 Å². The van der Waals surface area contributed by atoms with Gasteiger partial charge in [0.25, 0.3) is 0 Å². The molecule has 0 spiro atoms. The maximum Gasteiger partial charge on any atom is 0.244 e. The summed E-state index contributed by atoms with van der Waals surface area (Å²) in [4.78, 5) is 0.252. The molecule has 0 unspecified atom stereocenters. The molecule has 1 aliphatic carbocycles. The third-order valence-electron chi connectivity index (χ3n) is 3.69. The Labute approximate surface area is 121 Å². The smallest absolute Gasteiger partial charge is 0.244 e. The third kappa shape index (κ3) is 3.84. The van der Waals surface area contributed by atoms with E-state index in [1.165, 1.54) is 0 Å². The van der Waals surface area contributed by atoms with Crippen molar-refractivity contribution in [3.8, 4) is 0 Å². The standard InChI is InChI=1S/C14H24N2O3S/c1-10(2)15-8-12-7-13(11(3)19-12)20(17,18)16-9-14(4)5-6-14/h7,10,15-16H,5-6,8-9H2,1-4H3. The second kappa shape index (κ2) is 5.50. The Morgan fingerprint density at radius 1 is 1.40 bits per heavy atom. The lowest BCUT2D eigenvalue weighted by atomic mass is 10.2. The lowest BCUT2D eigenvalue weighted by Gasteiger charge is -2.09. The predicted molar refractivity (Wildman–Crippen MR) is 78.0 cm³/mol. The van der Waals surface area contributed by atoms with E-state index >= 15 is 0 Å². The first-order valence-electron chi connectivity index (χ1n) is 7.04. The van der Waals surface area contributed by atoms with Crippen LogP contribution in [0.4, 0.5) is 0 Å². The summed E-state index contributed by atoms with van der Waals surface area (Å²) in [5.41, 5.74) is 0.146. The summed E-state index contributed by atoms with van der Waals surface area (Å²) < 4.78 is 32.8. The van der Waals surface area contributed by atoms with Gasteiger partial charge < -0.3 is 9.73 Å². The van der Waals surface area contributed by atoms with Crippen molar-refractivity contribution in [2.24, 2.45) is 5.41 Å². The van der Waals surface area contributed by atoms with Crippen LogP contribution in [0.15, 0.2) is 15.4 Å². The van der Waals surface area contributed by atoms with Crippen LogP contribution in [0.25, 0.3) is 0 Å². The van der Waals surface area contributed by atoms with Crippen molar-refractivity contribution >= 4 is 10.0 Å². The molecule has 1 saturated carbocycles. The zero-order chi connectivity index (χ0) is 15.0. The summed E-state index contributed by atoms with van der Waals surface area (Å²) in [6, 6.07) is 1.94. The largest absolute Gasteiger partial charge is 0.464 e. The van der Waals surface area contributed by atoms with Crippen LogP contribution in [-0.2, 0) is 16.6 Å². The summed E-state index contributed by atoms with van der Waals surface area (Å²) in [5, 5.41) is 3.21. The Morgan fingerprint density at radius 3 is 2.60 bits per heavy atom. The first-order chi connectivity index (χ1) is 9.22. The Hall–Kier alpha value is -0.850. The highest BCUT2D eigenvalue weighted by Crippen LogP contribution is 2.44. The Bertz CT molecular complexity index is 571. The van der Waals surface area contributed by atoms with Gasteiger partial charge >= 0.3 is 0 Å². The highest BCUT2D eigenvalue weighted by Gasteiger charge is 2.38. The van der Waals surface area contributed by atoms with E-state index in [0.717, 1.165) is 12.8 Å². The van der Waals surface area contributed by atoms with Crippen molar-refractivity contribution in [1.82, 2.24) is 10.0 Å². The number of furan rings is 1. The minimum absolute atomic E-state index is 0.146. The molecule has 0 bridgehead atoms. The highest BCUT2D eigenvalue weighted by molar-refractivity contribution is 7.89. The molecule has 0 saturated heterocycles. The van der Waals surface area contributed by atoms with Crippen molar-refractivity contribution in [1.29, 1.82) is 0 Å². The Morgan fingerprint density at radius 2 is 2.05 bits per heavy atom. The average Bonchev–Trinajstić information content (AvgIpc) is 2.96. The maximum atomic E-state index is 12.3. The van der Waals surface area contributed by atoms with Crippen LogP contribution in [0, 0.1) is 12.3 Å². The lowest BCUT2D eigenvalue weighted by molar-refractivity contribution is 0.443. The fourth-order valence-corrected chi connectivity index (χ4v) is 3.32. The van der Waals surface area contributed by atoms with Crippen molar-refractivity contribution in [2.45, 2.75) is 58.0 Å². The molecule has 1 fully saturated rings. The number of hydrogen-bond acceptors (Lipinski definition) is 4. The van der Waals surface area contributed by atoms with E-state index in [4.69, 9.17) is 4.42 Å². The van der Waals surface area contributed by atoms with Gasteiger partial charge in [0.2, 0.25) is 10.0 Å². The molecule has 0 atom stereocenters. The summed E-state index contributed by atoms with van der Waals surface area (Å²) >= 11 is 0. The van der Waals surface area contributed by atoms with Crippen molar-refractivity contribution < 1.29 is 12.8 Å². The molecule has 0 amide bonds. The molecule has 114 valence electrons. The van der Waals surface area contributed by atoms with Crippen LogP contribution in [-0.4, -0.2) is 21.0 Å². The molecule has 1 aromatic heterocycles. The second-order valence-electron chi connectivity index (χ2n) is 6.30. The molecule has 20 heavy (non-hydrogen) atoms. The molecule has 6 heteroatoms. The SMILES string of the molecule is Cc1oc(CNC(C)C)cc1S(=O)(=O)NCC1(C)CC1. The number of hydrogen-bond donors (Lipinski definition) is 2. The summed E-state index contributed by atoms with van der Waals surface area (Å²) in [6.07, 6.45) is 2.17. The lowest BCUT2D eigenvalue weighted by Crippen LogP contribution is -2.29. The number of nitrogens with one attached hydrogen (secondary N) is 2. The predicted octanol–water partition coefficient (Wildman–Crippen LogP) is 2.16. The van der Waals surface area contributed by atoms with E-state index < -0.39 is 10.0 Å². The van der Waals surface area contributed by atoms with Gasteiger partial charge in [-0.05, 0) is 25.2 Å². The zero-order valence-electron chi connectivity index (χ0n) is 12.6. The van der Waals surface area contributed by atoms with Gasteiger partial charge in [-0.15, -0.1) is 0 Å². The monoisotopic (exact) mass is 300 g/mol. The molecule has 0 radical (unpaired) electrons. The zero-order valence-corrected chi connectivity index (χ0v) is 13.4.